The van der Waals surface area contributed by atoms with E-state index in [1.165, 1.54) is 51.4 Å². The third-order valence-corrected chi connectivity index (χ3v) is 4.63. The van der Waals surface area contributed by atoms with Crippen LogP contribution in [0.25, 0.3) is 0 Å². The average molecular weight is 332 g/mol. The molecule has 0 saturated carbocycles. The van der Waals surface area contributed by atoms with Crippen LogP contribution in [0.1, 0.15) is 84.0 Å². The highest BCUT2D eigenvalue weighted by atomic mass is 32.1. The summed E-state index contributed by atoms with van der Waals surface area (Å²) in [6.45, 7) is 2.23. The second-order valence-electron chi connectivity index (χ2n) is 6.14. The van der Waals surface area contributed by atoms with Gasteiger partial charge in [-0.15, -0.1) is 0 Å². The number of aliphatic carboxylic acids is 1. The first-order valence-electron chi connectivity index (χ1n) is 8.65. The van der Waals surface area contributed by atoms with Crippen molar-refractivity contribution >= 4 is 24.4 Å². The number of carboxylic acids is 1. The maximum Gasteiger partial charge on any atom is 0.332 e. The Labute approximate surface area is 140 Å². The molecule has 0 spiro atoms. The minimum Gasteiger partial charge on any atom is -0.480 e. The summed E-state index contributed by atoms with van der Waals surface area (Å²) in [6.07, 6.45) is 13.4. The van der Waals surface area contributed by atoms with E-state index in [4.69, 9.17) is 10.8 Å². The highest BCUT2D eigenvalue weighted by Crippen LogP contribution is 2.14. The van der Waals surface area contributed by atoms with Gasteiger partial charge < -0.3 is 10.8 Å². The van der Waals surface area contributed by atoms with Crippen LogP contribution in [0.3, 0.4) is 0 Å². The first-order valence-corrected chi connectivity index (χ1v) is 9.28. The molecule has 0 saturated heterocycles. The minimum absolute atomic E-state index is 0.154. The summed E-state index contributed by atoms with van der Waals surface area (Å²) in [7, 11) is 0. The number of unbranched alkanes of at least 4 members (excludes halogenated alkanes) is 10. The van der Waals surface area contributed by atoms with Crippen LogP contribution in [0, 0.1) is 0 Å². The Hall–Kier alpha value is -0.550. The van der Waals surface area contributed by atoms with Gasteiger partial charge >= 0.3 is 5.97 Å². The quantitative estimate of drug-likeness (QED) is 0.241. The summed E-state index contributed by atoms with van der Waals surface area (Å²) in [4.78, 5) is 22.8. The Balaban J connectivity index is 3.54. The molecule has 0 aromatic rings. The number of rotatable bonds is 15. The van der Waals surface area contributed by atoms with Crippen LogP contribution < -0.4 is 5.73 Å². The van der Waals surface area contributed by atoms with Crippen LogP contribution >= 0.6 is 12.6 Å². The van der Waals surface area contributed by atoms with Crippen LogP contribution in [0.5, 0.6) is 0 Å². The number of carbonyl (C=O) groups is 2. The van der Waals surface area contributed by atoms with Crippen LogP contribution in [0.15, 0.2) is 0 Å². The number of thiol groups is 1. The van der Waals surface area contributed by atoms with Crippen LogP contribution in [0.4, 0.5) is 0 Å². The molecule has 1 unspecified atom stereocenters. The molecule has 0 aromatic heterocycles. The lowest BCUT2D eigenvalue weighted by Gasteiger charge is -2.20. The number of Topliss-reactive ketones (excluding diaryl/α,β-unsaturated/α-hetero) is 1. The van der Waals surface area contributed by atoms with Crippen molar-refractivity contribution in [1.29, 1.82) is 0 Å². The van der Waals surface area contributed by atoms with Gasteiger partial charge in [0.05, 0.1) is 0 Å². The molecule has 22 heavy (non-hydrogen) atoms. The first kappa shape index (κ1) is 21.4. The highest BCUT2D eigenvalue weighted by Gasteiger charge is 2.39. The molecule has 0 bridgehead atoms. The lowest BCUT2D eigenvalue weighted by Crippen LogP contribution is -2.56. The molecule has 0 amide bonds. The van der Waals surface area contributed by atoms with E-state index in [1.807, 2.05) is 0 Å². The molecule has 4 nitrogen and oxygen atoms in total. The molecule has 5 heteroatoms. The minimum atomic E-state index is -1.82. The number of nitrogens with two attached hydrogens (primary N) is 1. The van der Waals surface area contributed by atoms with Crippen molar-refractivity contribution in [3.05, 3.63) is 0 Å². The van der Waals surface area contributed by atoms with Gasteiger partial charge in [-0.1, -0.05) is 71.1 Å². The second kappa shape index (κ2) is 12.9. The molecule has 0 heterocycles. The van der Waals surface area contributed by atoms with Crippen molar-refractivity contribution in [2.45, 2.75) is 89.5 Å². The predicted molar refractivity (Wildman–Crippen MR) is 94.5 cm³/mol. The maximum atomic E-state index is 11.8. The molecule has 0 radical (unpaired) electrons. The fourth-order valence-electron chi connectivity index (χ4n) is 2.45. The first-order chi connectivity index (χ1) is 10.5. The molecule has 0 aromatic carbocycles. The Kier molecular flexibility index (Phi) is 12.6. The lowest BCUT2D eigenvalue weighted by molar-refractivity contribution is -0.147. The topological polar surface area (TPSA) is 80.4 Å². The molecule has 0 aliphatic carbocycles. The molecular weight excluding hydrogens is 298 g/mol. The van der Waals surface area contributed by atoms with E-state index in [-0.39, 0.29) is 12.2 Å². The van der Waals surface area contributed by atoms with Gasteiger partial charge in [-0.3, -0.25) is 4.79 Å². The molecular formula is C17H33NO3S. The van der Waals surface area contributed by atoms with Gasteiger partial charge in [0.1, 0.15) is 0 Å². The van der Waals surface area contributed by atoms with Crippen molar-refractivity contribution in [2.75, 3.05) is 5.75 Å². The smallest absolute Gasteiger partial charge is 0.332 e. The van der Waals surface area contributed by atoms with Gasteiger partial charge in [-0.25, -0.2) is 4.79 Å². The summed E-state index contributed by atoms with van der Waals surface area (Å²) in [6, 6.07) is 0. The fourth-order valence-corrected chi connectivity index (χ4v) is 2.76. The molecule has 0 rings (SSSR count). The highest BCUT2D eigenvalue weighted by molar-refractivity contribution is 7.80. The Morgan fingerprint density at radius 1 is 0.909 bits per heavy atom. The zero-order valence-corrected chi connectivity index (χ0v) is 14.9. The summed E-state index contributed by atoms with van der Waals surface area (Å²) in [5, 5.41) is 8.99. The van der Waals surface area contributed by atoms with Gasteiger partial charge in [0.25, 0.3) is 0 Å². The van der Waals surface area contributed by atoms with Crippen molar-refractivity contribution in [1.82, 2.24) is 0 Å². The number of hydrogen-bond donors (Lipinski definition) is 3. The van der Waals surface area contributed by atoms with E-state index in [1.54, 1.807) is 0 Å². The van der Waals surface area contributed by atoms with Crippen LogP contribution in [-0.2, 0) is 9.59 Å². The molecule has 130 valence electrons. The molecule has 1 atom stereocenters. The Morgan fingerprint density at radius 2 is 1.32 bits per heavy atom. The molecule has 3 N–H and O–H groups in total. The maximum absolute atomic E-state index is 11.8. The summed E-state index contributed by atoms with van der Waals surface area (Å²) in [5.74, 6) is -1.85. The Bertz CT molecular complexity index is 323. The third kappa shape index (κ3) is 8.79. The van der Waals surface area contributed by atoms with E-state index >= 15 is 0 Å². The standard InChI is InChI=1S/C17H33NO3S/c1-2-3-4-5-6-7-8-9-10-11-12-13-15(19)17(18,14-22)16(20)21/h22H,2-14,18H2,1H3,(H,20,21). The SMILES string of the molecule is CCCCCCCCCCCCCC(=O)C(N)(CS)C(=O)O. The molecule has 0 aliphatic heterocycles. The molecule has 0 aliphatic rings. The number of hydrogen-bond acceptors (Lipinski definition) is 4. The second-order valence-corrected chi connectivity index (χ2v) is 6.46. The van der Waals surface area contributed by atoms with E-state index in [0.29, 0.717) is 0 Å². The lowest BCUT2D eigenvalue weighted by atomic mass is 9.93. The van der Waals surface area contributed by atoms with Gasteiger partial charge in [-0.2, -0.15) is 12.6 Å². The summed E-state index contributed by atoms with van der Waals surface area (Å²) in [5.41, 5.74) is 3.77. The number of ketones is 1. The monoisotopic (exact) mass is 331 g/mol. The normalized spacial score (nSPS) is 13.8. The average Bonchev–Trinajstić information content (AvgIpc) is 2.51. The summed E-state index contributed by atoms with van der Waals surface area (Å²) < 4.78 is 0. The van der Waals surface area contributed by atoms with Gasteiger partial charge in [0, 0.05) is 12.2 Å². The predicted octanol–water partition coefficient (Wildman–Crippen LogP) is 3.97. The fraction of sp³-hybridized carbons (Fsp3) is 0.882. The van der Waals surface area contributed by atoms with Gasteiger partial charge in [-0.05, 0) is 6.42 Å². The van der Waals surface area contributed by atoms with E-state index in [2.05, 4.69) is 19.6 Å². The largest absolute Gasteiger partial charge is 0.480 e. The molecule has 0 fully saturated rings. The number of carboxylic acid groups (broad SMARTS) is 1. The van der Waals surface area contributed by atoms with Crippen molar-refractivity contribution in [2.24, 2.45) is 5.73 Å². The van der Waals surface area contributed by atoms with Crippen molar-refractivity contribution in [3.8, 4) is 0 Å². The van der Waals surface area contributed by atoms with Crippen LogP contribution in [0.2, 0.25) is 0 Å². The van der Waals surface area contributed by atoms with Crippen LogP contribution in [-0.4, -0.2) is 28.2 Å². The zero-order chi connectivity index (χ0) is 16.8. The summed E-state index contributed by atoms with van der Waals surface area (Å²) >= 11 is 3.89. The van der Waals surface area contributed by atoms with E-state index < -0.39 is 17.3 Å². The Morgan fingerprint density at radius 3 is 1.68 bits per heavy atom. The third-order valence-electron chi connectivity index (χ3n) is 4.14. The van der Waals surface area contributed by atoms with E-state index in [9.17, 15) is 9.59 Å². The zero-order valence-electron chi connectivity index (χ0n) is 14.0. The van der Waals surface area contributed by atoms with Gasteiger partial charge in [0.15, 0.2) is 11.3 Å². The van der Waals surface area contributed by atoms with E-state index in [0.717, 1.165) is 19.3 Å². The van der Waals surface area contributed by atoms with Crippen molar-refractivity contribution in [3.63, 3.8) is 0 Å². The van der Waals surface area contributed by atoms with Crippen molar-refractivity contribution < 1.29 is 14.7 Å². The number of carbonyl (C=O) groups excluding carboxylic acids is 1. The van der Waals surface area contributed by atoms with Gasteiger partial charge in [0.2, 0.25) is 0 Å².